The van der Waals surface area contributed by atoms with E-state index >= 15 is 0 Å². The SMILES string of the molecule is c1ccc(-c2ccc(-c3nc(-c4ccc5c(c4)sc4ccccc45)nc(-c4cccc5c4oc4cc6c(cc45)c4ccccc4n6-c4ccccc4)n3)cc2)cc1. The van der Waals surface area contributed by atoms with E-state index in [2.05, 4.69) is 180 Å². The van der Waals surface area contributed by atoms with Gasteiger partial charge in [-0.1, -0.05) is 133 Å². The Morgan fingerprint density at radius 3 is 1.86 bits per heavy atom. The van der Waals surface area contributed by atoms with Crippen LogP contribution in [-0.2, 0) is 0 Å². The molecule has 266 valence electrons. The summed E-state index contributed by atoms with van der Waals surface area (Å²) in [4.78, 5) is 15.5. The number of rotatable bonds is 5. The number of hydrogen-bond donors (Lipinski definition) is 0. The second kappa shape index (κ2) is 12.6. The predicted octanol–water partition coefficient (Wildman–Crippen LogP) is 13.9. The lowest BCUT2D eigenvalue weighted by atomic mass is 10.0. The molecule has 0 amide bonds. The molecule has 0 N–H and O–H groups in total. The van der Waals surface area contributed by atoms with Gasteiger partial charge in [0.2, 0.25) is 0 Å². The van der Waals surface area contributed by atoms with E-state index in [4.69, 9.17) is 19.4 Å². The highest BCUT2D eigenvalue weighted by Crippen LogP contribution is 2.41. The molecule has 0 spiro atoms. The van der Waals surface area contributed by atoms with Crippen molar-refractivity contribution < 1.29 is 4.42 Å². The van der Waals surface area contributed by atoms with Crippen LogP contribution in [0.25, 0.3) is 115 Å². The topological polar surface area (TPSA) is 56.7 Å². The smallest absolute Gasteiger partial charge is 0.167 e. The molecular formula is C51H30N4OS. The maximum atomic E-state index is 6.87. The van der Waals surface area contributed by atoms with E-state index < -0.39 is 0 Å². The molecule has 0 unspecified atom stereocenters. The van der Waals surface area contributed by atoms with Crippen molar-refractivity contribution in [1.82, 2.24) is 19.5 Å². The Morgan fingerprint density at radius 1 is 0.386 bits per heavy atom. The molecule has 0 radical (unpaired) electrons. The molecule has 8 aromatic carbocycles. The molecule has 0 bridgehead atoms. The average molecular weight is 747 g/mol. The van der Waals surface area contributed by atoms with E-state index in [-0.39, 0.29) is 0 Å². The van der Waals surface area contributed by atoms with Gasteiger partial charge in [-0.25, -0.2) is 15.0 Å². The summed E-state index contributed by atoms with van der Waals surface area (Å²) in [5, 5.41) is 6.94. The van der Waals surface area contributed by atoms with Gasteiger partial charge in [0.15, 0.2) is 17.5 Å². The van der Waals surface area contributed by atoms with Gasteiger partial charge in [0.1, 0.15) is 11.2 Å². The summed E-state index contributed by atoms with van der Waals surface area (Å²) >= 11 is 1.79. The van der Waals surface area contributed by atoms with Crippen molar-refractivity contribution in [1.29, 1.82) is 0 Å². The molecule has 4 aromatic heterocycles. The molecule has 0 atom stereocenters. The molecular weight excluding hydrogens is 717 g/mol. The molecule has 57 heavy (non-hydrogen) atoms. The average Bonchev–Trinajstić information content (AvgIpc) is 3.95. The highest BCUT2D eigenvalue weighted by molar-refractivity contribution is 7.25. The molecule has 12 aromatic rings. The van der Waals surface area contributed by atoms with Crippen molar-refractivity contribution in [3.8, 4) is 51.0 Å². The highest BCUT2D eigenvalue weighted by atomic mass is 32.1. The zero-order valence-corrected chi connectivity index (χ0v) is 31.2. The van der Waals surface area contributed by atoms with Crippen molar-refractivity contribution in [2.24, 2.45) is 0 Å². The fraction of sp³-hybridized carbons (Fsp3) is 0. The van der Waals surface area contributed by atoms with Gasteiger partial charge in [-0.2, -0.15) is 0 Å². The molecule has 12 rings (SSSR count). The van der Waals surface area contributed by atoms with Crippen LogP contribution in [0.5, 0.6) is 0 Å². The second-order valence-electron chi connectivity index (χ2n) is 14.4. The molecule has 0 aliphatic carbocycles. The molecule has 0 saturated heterocycles. The minimum atomic E-state index is 0.562. The van der Waals surface area contributed by atoms with Crippen LogP contribution in [0.3, 0.4) is 0 Å². The Hall–Kier alpha value is -7.41. The fourth-order valence-electron chi connectivity index (χ4n) is 8.35. The Balaban J connectivity index is 1.06. The van der Waals surface area contributed by atoms with Crippen LogP contribution in [0.1, 0.15) is 0 Å². The van der Waals surface area contributed by atoms with Gasteiger partial charge < -0.3 is 8.98 Å². The fourth-order valence-corrected chi connectivity index (χ4v) is 9.50. The third kappa shape index (κ3) is 5.12. The lowest BCUT2D eigenvalue weighted by molar-refractivity contribution is 0.670. The Labute approximate surface area is 330 Å². The van der Waals surface area contributed by atoms with Crippen molar-refractivity contribution >= 4 is 75.3 Å². The number of para-hydroxylation sites is 3. The van der Waals surface area contributed by atoms with Crippen LogP contribution in [0.15, 0.2) is 186 Å². The number of benzene rings is 8. The molecule has 0 aliphatic heterocycles. The lowest BCUT2D eigenvalue weighted by Crippen LogP contribution is -2.00. The van der Waals surface area contributed by atoms with Crippen molar-refractivity contribution in [3.05, 3.63) is 182 Å². The van der Waals surface area contributed by atoms with Crippen LogP contribution < -0.4 is 0 Å². The maximum Gasteiger partial charge on any atom is 0.167 e. The van der Waals surface area contributed by atoms with Gasteiger partial charge >= 0.3 is 0 Å². The summed E-state index contributed by atoms with van der Waals surface area (Å²) in [6.45, 7) is 0. The third-order valence-corrected chi connectivity index (χ3v) is 12.2. The first kappa shape index (κ1) is 31.9. The van der Waals surface area contributed by atoms with Gasteiger partial charge in [0.05, 0.1) is 16.6 Å². The van der Waals surface area contributed by atoms with Crippen molar-refractivity contribution in [2.75, 3.05) is 0 Å². The van der Waals surface area contributed by atoms with Crippen LogP contribution >= 0.6 is 11.3 Å². The van der Waals surface area contributed by atoms with E-state index in [1.54, 1.807) is 11.3 Å². The first-order valence-electron chi connectivity index (χ1n) is 19.0. The zero-order chi connectivity index (χ0) is 37.5. The highest BCUT2D eigenvalue weighted by Gasteiger charge is 2.21. The van der Waals surface area contributed by atoms with Gasteiger partial charge in [0, 0.05) is 64.6 Å². The summed E-state index contributed by atoms with van der Waals surface area (Å²) in [5.74, 6) is 1.78. The van der Waals surface area contributed by atoms with E-state index in [0.717, 1.165) is 66.5 Å². The first-order chi connectivity index (χ1) is 28.2. The monoisotopic (exact) mass is 746 g/mol. The molecule has 6 heteroatoms. The van der Waals surface area contributed by atoms with Gasteiger partial charge in [0.25, 0.3) is 0 Å². The summed E-state index contributed by atoms with van der Waals surface area (Å²) in [7, 11) is 0. The first-order valence-corrected chi connectivity index (χ1v) is 19.8. The lowest BCUT2D eigenvalue weighted by Gasteiger charge is -2.10. The predicted molar refractivity (Wildman–Crippen MR) is 236 cm³/mol. The summed E-state index contributed by atoms with van der Waals surface area (Å²) < 4.78 is 11.6. The molecule has 0 fully saturated rings. The minimum absolute atomic E-state index is 0.562. The summed E-state index contributed by atoms with van der Waals surface area (Å²) in [6.07, 6.45) is 0. The van der Waals surface area contributed by atoms with E-state index in [1.165, 1.54) is 30.9 Å². The number of hydrogen-bond acceptors (Lipinski definition) is 5. The number of furan rings is 1. The Kier molecular flexibility index (Phi) is 7.03. The number of aromatic nitrogens is 4. The number of fused-ring (bicyclic) bond motifs is 9. The van der Waals surface area contributed by atoms with Crippen LogP contribution in [0.4, 0.5) is 0 Å². The van der Waals surface area contributed by atoms with Gasteiger partial charge in [-0.05, 0) is 53.6 Å². The summed E-state index contributed by atoms with van der Waals surface area (Å²) in [6, 6.07) is 63.8. The van der Waals surface area contributed by atoms with Crippen LogP contribution in [0, 0.1) is 0 Å². The number of nitrogens with zero attached hydrogens (tertiary/aromatic N) is 4. The van der Waals surface area contributed by atoms with Crippen LogP contribution in [0.2, 0.25) is 0 Å². The minimum Gasteiger partial charge on any atom is -0.455 e. The molecule has 0 aliphatic rings. The number of thiophene rings is 1. The Morgan fingerprint density at radius 2 is 1.02 bits per heavy atom. The molecule has 0 saturated carbocycles. The maximum absolute atomic E-state index is 6.87. The zero-order valence-electron chi connectivity index (χ0n) is 30.4. The van der Waals surface area contributed by atoms with E-state index in [9.17, 15) is 0 Å². The largest absolute Gasteiger partial charge is 0.455 e. The molecule has 5 nitrogen and oxygen atoms in total. The molecule has 4 heterocycles. The van der Waals surface area contributed by atoms with Crippen molar-refractivity contribution in [3.63, 3.8) is 0 Å². The Bertz CT molecular complexity index is 3510. The van der Waals surface area contributed by atoms with Gasteiger partial charge in [-0.3, -0.25) is 0 Å². The summed E-state index contributed by atoms with van der Waals surface area (Å²) in [5.41, 5.74) is 9.89. The van der Waals surface area contributed by atoms with Gasteiger partial charge in [-0.15, -0.1) is 11.3 Å². The third-order valence-electron chi connectivity index (χ3n) is 11.1. The van der Waals surface area contributed by atoms with Crippen LogP contribution in [-0.4, -0.2) is 19.5 Å². The normalized spacial score (nSPS) is 11.9. The van der Waals surface area contributed by atoms with Crippen molar-refractivity contribution in [2.45, 2.75) is 0 Å². The standard InChI is InChI=1S/C51H30N4OS/c1-3-12-31(13-4-1)32-22-24-33(25-23-32)49-52-50(34-26-27-38-37-17-8-10-21-46(37)57-47(38)28-34)54-51(53-49)40-19-11-18-39-42-29-41-36-16-7-9-20-43(36)55(35-14-5-2-6-15-35)44(41)30-45(42)56-48(39)40/h1-30H. The van der Waals surface area contributed by atoms with E-state index in [1.807, 2.05) is 6.07 Å². The second-order valence-corrected chi connectivity index (χ2v) is 15.5. The van der Waals surface area contributed by atoms with E-state index in [0.29, 0.717) is 17.5 Å². The quantitative estimate of drug-likeness (QED) is 0.176.